The highest BCUT2D eigenvalue weighted by Gasteiger charge is 2.19. The Hall–Kier alpha value is -2.88. The van der Waals surface area contributed by atoms with Crippen LogP contribution >= 0.6 is 0 Å². The zero-order valence-corrected chi connectivity index (χ0v) is 13.6. The summed E-state index contributed by atoms with van der Waals surface area (Å²) in [4.78, 5) is 16.4. The first kappa shape index (κ1) is 16.0. The van der Waals surface area contributed by atoms with Crippen molar-refractivity contribution in [1.82, 2.24) is 5.32 Å². The Morgan fingerprint density at radius 1 is 1.12 bits per heavy atom. The highest BCUT2D eigenvalue weighted by atomic mass is 16.5. The van der Waals surface area contributed by atoms with Gasteiger partial charge in [0.05, 0.1) is 6.04 Å². The molecule has 1 aliphatic heterocycles. The molecule has 1 atom stereocenters. The van der Waals surface area contributed by atoms with Crippen LogP contribution in [0.2, 0.25) is 0 Å². The van der Waals surface area contributed by atoms with Crippen molar-refractivity contribution in [2.24, 2.45) is 4.99 Å². The van der Waals surface area contributed by atoms with Gasteiger partial charge in [0.1, 0.15) is 6.61 Å². The fourth-order valence-electron chi connectivity index (χ4n) is 2.57. The van der Waals surface area contributed by atoms with Crippen LogP contribution in [0.5, 0.6) is 0 Å². The summed E-state index contributed by atoms with van der Waals surface area (Å²) in [5.74, 6) is 0. The highest BCUT2D eigenvalue weighted by Crippen LogP contribution is 2.24. The predicted molar refractivity (Wildman–Crippen MR) is 95.7 cm³/mol. The molecule has 4 heteroatoms. The first-order valence-electron chi connectivity index (χ1n) is 8.00. The van der Waals surface area contributed by atoms with Gasteiger partial charge >= 0.3 is 6.09 Å². The van der Waals surface area contributed by atoms with Crippen molar-refractivity contribution in [3.63, 3.8) is 0 Å². The van der Waals surface area contributed by atoms with E-state index in [1.807, 2.05) is 61.7 Å². The number of hydrogen-bond acceptors (Lipinski definition) is 3. The number of amides is 1. The summed E-state index contributed by atoms with van der Waals surface area (Å²) in [7, 11) is 0. The summed E-state index contributed by atoms with van der Waals surface area (Å²) >= 11 is 0. The molecule has 1 aliphatic rings. The normalized spacial score (nSPS) is 14.5. The van der Waals surface area contributed by atoms with Crippen LogP contribution in [0, 0.1) is 0 Å². The molecule has 0 spiro atoms. The molecule has 24 heavy (non-hydrogen) atoms. The molecule has 0 radical (unpaired) electrons. The van der Waals surface area contributed by atoms with Crippen LogP contribution in [-0.2, 0) is 11.3 Å². The smallest absolute Gasteiger partial charge is 0.407 e. The van der Waals surface area contributed by atoms with E-state index in [9.17, 15) is 4.79 Å². The second-order valence-corrected chi connectivity index (χ2v) is 5.75. The molecule has 0 aromatic heterocycles. The number of alkyl carbamates (subject to hydrolysis) is 1. The molecule has 3 rings (SSSR count). The molecule has 0 fully saturated rings. The third-order valence-corrected chi connectivity index (χ3v) is 3.95. The Labute approximate surface area is 141 Å². The maximum Gasteiger partial charge on any atom is 0.407 e. The Kier molecular flexibility index (Phi) is 5.06. The number of nitrogens with zero attached hydrogens (tertiary/aromatic N) is 1. The van der Waals surface area contributed by atoms with E-state index in [4.69, 9.17) is 4.74 Å². The summed E-state index contributed by atoms with van der Waals surface area (Å²) in [6.07, 6.45) is 2.18. The largest absolute Gasteiger partial charge is 0.445 e. The van der Waals surface area contributed by atoms with E-state index in [2.05, 4.69) is 22.4 Å². The van der Waals surface area contributed by atoms with Gasteiger partial charge in [-0.2, -0.15) is 0 Å². The van der Waals surface area contributed by atoms with Gasteiger partial charge in [-0.05, 0) is 23.6 Å². The second kappa shape index (κ2) is 7.59. The quantitative estimate of drug-likeness (QED) is 0.898. The molecule has 0 bridgehead atoms. The van der Waals surface area contributed by atoms with Gasteiger partial charge in [-0.15, -0.1) is 0 Å². The fourth-order valence-corrected chi connectivity index (χ4v) is 2.57. The SMILES string of the molecule is C[C@H](NC(=O)OCc1ccccc1)C1=NC=C(c2ccccc2)C1. The number of nitrogens with one attached hydrogen (secondary N) is 1. The van der Waals surface area contributed by atoms with Crippen molar-refractivity contribution in [3.05, 3.63) is 78.0 Å². The standard InChI is InChI=1S/C20H20N2O2/c1-15(22-20(23)24-14-16-8-4-2-5-9-16)19-12-18(13-21-19)17-10-6-3-7-11-17/h2-11,13,15H,12,14H2,1H3,(H,22,23)/t15-/m0/s1. The minimum atomic E-state index is -0.429. The van der Waals surface area contributed by atoms with Crippen molar-refractivity contribution >= 4 is 17.4 Å². The van der Waals surface area contributed by atoms with Crippen LogP contribution in [-0.4, -0.2) is 17.8 Å². The molecular weight excluding hydrogens is 300 g/mol. The van der Waals surface area contributed by atoms with Crippen LogP contribution in [0.1, 0.15) is 24.5 Å². The van der Waals surface area contributed by atoms with E-state index in [1.165, 1.54) is 0 Å². The average molecular weight is 320 g/mol. The molecule has 0 saturated carbocycles. The van der Waals surface area contributed by atoms with Gasteiger partial charge in [0.15, 0.2) is 0 Å². The molecular formula is C20H20N2O2. The number of benzene rings is 2. The lowest BCUT2D eigenvalue weighted by Gasteiger charge is -2.15. The first-order chi connectivity index (χ1) is 11.7. The Morgan fingerprint density at radius 2 is 1.79 bits per heavy atom. The minimum Gasteiger partial charge on any atom is -0.445 e. The van der Waals surface area contributed by atoms with Gasteiger partial charge in [0.25, 0.3) is 0 Å². The molecule has 0 aliphatic carbocycles. The molecule has 1 N–H and O–H groups in total. The number of carbonyl (C=O) groups is 1. The van der Waals surface area contributed by atoms with E-state index in [0.29, 0.717) is 0 Å². The number of ether oxygens (including phenoxy) is 1. The number of aliphatic imine (C=N–C) groups is 1. The molecule has 1 amide bonds. The van der Waals surface area contributed by atoms with E-state index < -0.39 is 6.09 Å². The van der Waals surface area contributed by atoms with Gasteiger partial charge in [-0.25, -0.2) is 4.79 Å². The molecule has 2 aromatic rings. The molecule has 0 saturated heterocycles. The Morgan fingerprint density at radius 3 is 2.50 bits per heavy atom. The summed E-state index contributed by atoms with van der Waals surface area (Å²) in [5, 5.41) is 2.84. The predicted octanol–water partition coefficient (Wildman–Crippen LogP) is 4.19. The Bertz CT molecular complexity index is 752. The molecule has 2 aromatic carbocycles. The number of allylic oxidation sites excluding steroid dienone is 1. The second-order valence-electron chi connectivity index (χ2n) is 5.75. The number of rotatable bonds is 5. The van der Waals surface area contributed by atoms with Gasteiger partial charge in [-0.3, -0.25) is 4.99 Å². The third-order valence-electron chi connectivity index (χ3n) is 3.95. The summed E-state index contributed by atoms with van der Waals surface area (Å²) < 4.78 is 5.25. The zero-order valence-electron chi connectivity index (χ0n) is 13.6. The van der Waals surface area contributed by atoms with Gasteiger partial charge < -0.3 is 10.1 Å². The first-order valence-corrected chi connectivity index (χ1v) is 8.00. The maximum atomic E-state index is 11.9. The number of carbonyl (C=O) groups excluding carboxylic acids is 1. The summed E-state index contributed by atoms with van der Waals surface area (Å²) in [6, 6.07) is 19.6. The maximum absolute atomic E-state index is 11.9. The van der Waals surface area contributed by atoms with Gasteiger partial charge in [0.2, 0.25) is 0 Å². The number of hydrogen-bond donors (Lipinski definition) is 1. The summed E-state index contributed by atoms with van der Waals surface area (Å²) in [6.45, 7) is 2.18. The van der Waals surface area contributed by atoms with E-state index >= 15 is 0 Å². The lowest BCUT2D eigenvalue weighted by Crippen LogP contribution is -2.38. The lowest BCUT2D eigenvalue weighted by molar-refractivity contribution is 0.138. The summed E-state index contributed by atoms with van der Waals surface area (Å²) in [5.41, 5.74) is 4.23. The van der Waals surface area contributed by atoms with Crippen LogP contribution in [0.15, 0.2) is 71.9 Å². The van der Waals surface area contributed by atoms with Crippen LogP contribution < -0.4 is 5.32 Å². The van der Waals surface area contributed by atoms with Crippen molar-refractivity contribution < 1.29 is 9.53 Å². The van der Waals surface area contributed by atoms with E-state index in [0.717, 1.165) is 28.8 Å². The lowest BCUT2D eigenvalue weighted by atomic mass is 10.0. The average Bonchev–Trinajstić information content (AvgIpc) is 3.12. The van der Waals surface area contributed by atoms with Crippen LogP contribution in [0.25, 0.3) is 5.57 Å². The van der Waals surface area contributed by atoms with Gasteiger partial charge in [0, 0.05) is 18.3 Å². The van der Waals surface area contributed by atoms with Crippen LogP contribution in [0.4, 0.5) is 4.79 Å². The fraction of sp³-hybridized carbons (Fsp3) is 0.200. The van der Waals surface area contributed by atoms with Crippen LogP contribution in [0.3, 0.4) is 0 Å². The molecule has 122 valence electrons. The highest BCUT2D eigenvalue weighted by molar-refractivity contribution is 6.02. The van der Waals surface area contributed by atoms with Crippen molar-refractivity contribution in [3.8, 4) is 0 Å². The van der Waals surface area contributed by atoms with Crippen molar-refractivity contribution in [1.29, 1.82) is 0 Å². The zero-order chi connectivity index (χ0) is 16.8. The monoisotopic (exact) mass is 320 g/mol. The third kappa shape index (κ3) is 4.10. The molecule has 0 unspecified atom stereocenters. The molecule has 4 nitrogen and oxygen atoms in total. The Balaban J connectivity index is 1.48. The van der Waals surface area contributed by atoms with Gasteiger partial charge in [-0.1, -0.05) is 60.7 Å². The minimum absolute atomic E-state index is 0.161. The topological polar surface area (TPSA) is 50.7 Å². The van der Waals surface area contributed by atoms with Crippen molar-refractivity contribution in [2.45, 2.75) is 26.0 Å². The van der Waals surface area contributed by atoms with E-state index in [1.54, 1.807) is 0 Å². The van der Waals surface area contributed by atoms with Crippen molar-refractivity contribution in [2.75, 3.05) is 0 Å². The van der Waals surface area contributed by atoms with E-state index in [-0.39, 0.29) is 12.6 Å². The molecule has 1 heterocycles.